The van der Waals surface area contributed by atoms with Crippen LogP contribution in [0.2, 0.25) is 0 Å². The van der Waals surface area contributed by atoms with Gasteiger partial charge in [-0.3, -0.25) is 91.1 Å². The van der Waals surface area contributed by atoms with Gasteiger partial charge >= 0.3 is 11.4 Å². The van der Waals surface area contributed by atoms with Crippen LogP contribution in [0.15, 0.2) is 46.2 Å². The van der Waals surface area contributed by atoms with Crippen molar-refractivity contribution in [2.75, 3.05) is 23.9 Å². The number of nitro benzene ring substituents is 4. The molecule has 2 aromatic carbocycles. The SMILES string of the molecule is O=C(CCCCCN1C(=O)C(=C2SC(=S)N(CCCCCC(=O)NNc3ccc([N+](=O)[O-])cc3[N+](=O)[O-])C2=O)SC1=S)NNc1ccc([N+](=O)[O-])cc1[N+](=O)[O-]. The van der Waals surface area contributed by atoms with E-state index in [2.05, 4.69) is 21.7 Å². The standard InChI is InChI=1S/C30H30N10O12S4/c41-23(33-31-19-11-9-17(37(45)46)15-21(19)39(49)50)7-3-1-5-13-35-27(43)25(55-29(35)53)26-28(44)36(30(54)56-26)14-6-2-4-8-24(42)34-32-20-12-10-18(38(47)48)16-22(20)40(51)52/h9-12,15-16,31-32H,1-8,13-14H2,(H,33,41)(H,34,42). The van der Waals surface area contributed by atoms with E-state index in [1.807, 2.05) is 0 Å². The van der Waals surface area contributed by atoms with Crippen molar-refractivity contribution >= 4 is 114 Å². The fourth-order valence-corrected chi connectivity index (χ4v) is 7.87. The van der Waals surface area contributed by atoms with Gasteiger partial charge in [0.05, 0.1) is 41.6 Å². The molecule has 2 heterocycles. The number of nitro groups is 4. The molecule has 22 nitrogen and oxygen atoms in total. The highest BCUT2D eigenvalue weighted by Gasteiger charge is 2.41. The van der Waals surface area contributed by atoms with Gasteiger partial charge in [0.1, 0.15) is 20.0 Å². The van der Waals surface area contributed by atoms with Gasteiger partial charge in [0.25, 0.3) is 23.2 Å². The average Bonchev–Trinajstić information content (AvgIpc) is 3.60. The smallest absolute Gasteiger partial charge is 0.293 e. The molecule has 0 aromatic heterocycles. The fraction of sp³-hybridized carbons (Fsp3) is 0.333. The molecule has 0 aliphatic carbocycles. The second-order valence-corrected chi connectivity index (χ2v) is 15.0. The van der Waals surface area contributed by atoms with E-state index in [0.717, 1.165) is 59.9 Å². The Bertz CT molecular complexity index is 1910. The summed E-state index contributed by atoms with van der Waals surface area (Å²) in [6, 6.07) is 5.88. The summed E-state index contributed by atoms with van der Waals surface area (Å²) in [6.07, 6.45) is 2.85. The molecule has 2 fully saturated rings. The molecule has 2 aromatic rings. The molecular formula is C30H30N10O12S4. The Morgan fingerprint density at radius 2 is 0.964 bits per heavy atom. The van der Waals surface area contributed by atoms with Gasteiger partial charge in [-0.1, -0.05) is 60.8 Å². The lowest BCUT2D eigenvalue weighted by Gasteiger charge is -2.15. The quantitative estimate of drug-likeness (QED) is 0.0450. The summed E-state index contributed by atoms with van der Waals surface area (Å²) < 4.78 is 0.524. The van der Waals surface area contributed by atoms with Crippen LogP contribution in [0.3, 0.4) is 0 Å². The molecule has 4 amide bonds. The third kappa shape index (κ3) is 11.1. The predicted molar refractivity (Wildman–Crippen MR) is 211 cm³/mol. The van der Waals surface area contributed by atoms with Crippen molar-refractivity contribution < 1.29 is 38.9 Å². The Hall–Kier alpha value is -5.86. The molecule has 2 aliphatic rings. The molecule has 0 saturated carbocycles. The first-order valence-electron chi connectivity index (χ1n) is 16.4. The first kappa shape index (κ1) is 42.9. The maximum absolute atomic E-state index is 13.3. The number of nitrogens with zero attached hydrogens (tertiary/aromatic N) is 6. The van der Waals surface area contributed by atoms with E-state index < -0.39 is 66.1 Å². The van der Waals surface area contributed by atoms with Gasteiger partial charge in [0, 0.05) is 38.1 Å². The number of anilines is 2. The lowest BCUT2D eigenvalue weighted by Crippen LogP contribution is -2.31. The van der Waals surface area contributed by atoms with Crippen LogP contribution in [-0.4, -0.2) is 74.9 Å². The molecule has 2 saturated heterocycles. The van der Waals surface area contributed by atoms with Crippen LogP contribution >= 0.6 is 48.0 Å². The number of amides is 4. The second kappa shape index (κ2) is 19.6. The average molecular weight is 851 g/mol. The molecule has 0 spiro atoms. The normalized spacial score (nSPS) is 15.2. The van der Waals surface area contributed by atoms with E-state index >= 15 is 0 Å². The second-order valence-electron chi connectivity index (χ2n) is 11.7. The Balaban J connectivity index is 1.16. The molecule has 0 radical (unpaired) electrons. The number of benzene rings is 2. The minimum absolute atomic E-state index is 0.0378. The number of rotatable bonds is 20. The van der Waals surface area contributed by atoms with Gasteiger partial charge in [-0.2, -0.15) is 0 Å². The first-order chi connectivity index (χ1) is 26.6. The number of hydrogen-bond acceptors (Lipinski definition) is 18. The minimum Gasteiger partial charge on any atom is -0.293 e. The number of carbonyl (C=O) groups is 4. The summed E-state index contributed by atoms with van der Waals surface area (Å²) in [5.41, 5.74) is 7.07. The lowest BCUT2D eigenvalue weighted by atomic mass is 10.2. The maximum atomic E-state index is 13.3. The Labute approximate surface area is 334 Å². The van der Waals surface area contributed by atoms with E-state index in [0.29, 0.717) is 38.5 Å². The van der Waals surface area contributed by atoms with Crippen molar-refractivity contribution in [3.8, 4) is 0 Å². The summed E-state index contributed by atoms with van der Waals surface area (Å²) in [6.45, 7) is 0.467. The van der Waals surface area contributed by atoms with Crippen molar-refractivity contribution in [3.63, 3.8) is 0 Å². The third-order valence-electron chi connectivity index (χ3n) is 7.93. The molecule has 56 heavy (non-hydrogen) atoms. The number of thiocarbonyl (C=S) groups is 2. The zero-order chi connectivity index (χ0) is 41.1. The van der Waals surface area contributed by atoms with Crippen LogP contribution in [0.5, 0.6) is 0 Å². The highest BCUT2D eigenvalue weighted by molar-refractivity contribution is 8.29. The minimum atomic E-state index is -0.817. The van der Waals surface area contributed by atoms with Crippen molar-refractivity contribution in [1.29, 1.82) is 0 Å². The Morgan fingerprint density at radius 1 is 0.589 bits per heavy atom. The number of hydrazine groups is 2. The van der Waals surface area contributed by atoms with Crippen LogP contribution in [0.25, 0.3) is 0 Å². The van der Waals surface area contributed by atoms with Crippen LogP contribution in [0.1, 0.15) is 51.4 Å². The van der Waals surface area contributed by atoms with E-state index in [1.54, 1.807) is 0 Å². The summed E-state index contributed by atoms with van der Waals surface area (Å²) in [4.78, 5) is 95.3. The van der Waals surface area contributed by atoms with Crippen molar-refractivity contribution in [1.82, 2.24) is 20.7 Å². The molecule has 0 bridgehead atoms. The van der Waals surface area contributed by atoms with Gasteiger partial charge in [-0.15, -0.1) is 0 Å². The van der Waals surface area contributed by atoms with Gasteiger partial charge in [-0.25, -0.2) is 0 Å². The molecule has 4 rings (SSSR count). The monoisotopic (exact) mass is 850 g/mol. The molecule has 4 N–H and O–H groups in total. The largest absolute Gasteiger partial charge is 0.300 e. The molecule has 0 atom stereocenters. The van der Waals surface area contributed by atoms with E-state index in [1.165, 1.54) is 9.80 Å². The Kier molecular flexibility index (Phi) is 15.0. The number of nitrogens with one attached hydrogen (secondary N) is 4. The summed E-state index contributed by atoms with van der Waals surface area (Å²) in [7, 11) is 0. The highest BCUT2D eigenvalue weighted by Crippen LogP contribution is 2.42. The van der Waals surface area contributed by atoms with Crippen molar-refractivity contribution in [3.05, 3.63) is 86.7 Å². The third-order valence-corrected chi connectivity index (χ3v) is 11.0. The predicted octanol–water partition coefficient (Wildman–Crippen LogP) is 4.96. The lowest BCUT2D eigenvalue weighted by molar-refractivity contribution is -0.393. The van der Waals surface area contributed by atoms with Crippen LogP contribution in [0.4, 0.5) is 34.1 Å². The van der Waals surface area contributed by atoms with Crippen LogP contribution in [0, 0.1) is 40.5 Å². The topological polar surface area (TPSA) is 295 Å². The first-order valence-corrected chi connectivity index (χ1v) is 18.8. The number of hydrogen-bond donors (Lipinski definition) is 4. The highest BCUT2D eigenvalue weighted by atomic mass is 32.2. The van der Waals surface area contributed by atoms with E-state index in [4.69, 9.17) is 24.4 Å². The molecule has 0 unspecified atom stereocenters. The van der Waals surface area contributed by atoms with Crippen molar-refractivity contribution in [2.24, 2.45) is 0 Å². The fourth-order valence-electron chi connectivity index (χ4n) is 5.10. The number of non-ortho nitro benzene ring substituents is 2. The zero-order valence-corrected chi connectivity index (χ0v) is 32.0. The van der Waals surface area contributed by atoms with Crippen LogP contribution < -0.4 is 21.7 Å². The van der Waals surface area contributed by atoms with Crippen molar-refractivity contribution in [2.45, 2.75) is 51.4 Å². The van der Waals surface area contributed by atoms with Gasteiger partial charge in [0.15, 0.2) is 0 Å². The van der Waals surface area contributed by atoms with Gasteiger partial charge in [0.2, 0.25) is 11.8 Å². The summed E-state index contributed by atoms with van der Waals surface area (Å²) in [5, 5.41) is 44.3. The summed E-state index contributed by atoms with van der Waals surface area (Å²) >= 11 is 12.8. The summed E-state index contributed by atoms with van der Waals surface area (Å²) in [5.74, 6) is -1.85. The molecule has 296 valence electrons. The number of thioether (sulfide) groups is 2. The molecular weight excluding hydrogens is 821 g/mol. The Morgan fingerprint density at radius 3 is 1.30 bits per heavy atom. The molecule has 2 aliphatic heterocycles. The van der Waals surface area contributed by atoms with Gasteiger partial charge in [-0.05, 0) is 37.8 Å². The number of unbranched alkanes of at least 4 members (excludes halogenated alkanes) is 4. The van der Waals surface area contributed by atoms with Gasteiger partial charge < -0.3 is 0 Å². The zero-order valence-electron chi connectivity index (χ0n) is 28.8. The van der Waals surface area contributed by atoms with E-state index in [-0.39, 0.29) is 55.8 Å². The van der Waals surface area contributed by atoms with Crippen LogP contribution in [-0.2, 0) is 19.2 Å². The maximum Gasteiger partial charge on any atom is 0.300 e. The van der Waals surface area contributed by atoms with E-state index in [9.17, 15) is 59.6 Å². The number of carbonyl (C=O) groups excluding carboxylic acids is 4. The molecule has 26 heteroatoms.